The third kappa shape index (κ3) is 4.59. The second-order valence-electron chi connectivity index (χ2n) is 7.67. The first-order valence-electron chi connectivity index (χ1n) is 9.48. The quantitative estimate of drug-likeness (QED) is 0.641. The van der Waals surface area contributed by atoms with E-state index >= 15 is 0 Å². The number of hydrogen-bond acceptors (Lipinski definition) is 7. The highest BCUT2D eigenvalue weighted by molar-refractivity contribution is 7.91. The van der Waals surface area contributed by atoms with Crippen LogP contribution in [-0.4, -0.2) is 53.5 Å². The standard InChI is InChI=1S/C18H26N4O4S/c1-21(10-15-6-8-26-20-15)11-16-9-19-18(27(23,24)13-14-4-5-14)22(16)12-17-3-2-7-25-17/h6,8-9,14,17H,2-5,7,10-13H2,1H3/t17-/m1/s1. The molecule has 2 fully saturated rings. The first kappa shape index (κ1) is 18.6. The van der Waals surface area contributed by atoms with Crippen molar-refractivity contribution in [1.29, 1.82) is 0 Å². The van der Waals surface area contributed by atoms with E-state index in [1.165, 1.54) is 0 Å². The Kier molecular flexibility index (Phi) is 5.34. The Morgan fingerprint density at radius 1 is 1.30 bits per heavy atom. The second kappa shape index (κ2) is 7.73. The van der Waals surface area contributed by atoms with Crippen LogP contribution >= 0.6 is 0 Å². The second-order valence-corrected chi connectivity index (χ2v) is 9.59. The Morgan fingerprint density at radius 2 is 2.15 bits per heavy atom. The van der Waals surface area contributed by atoms with E-state index in [1.54, 1.807) is 12.5 Å². The fourth-order valence-corrected chi connectivity index (χ4v) is 5.39. The predicted octanol–water partition coefficient (Wildman–Crippen LogP) is 1.87. The number of ether oxygens (including phenoxy) is 1. The SMILES string of the molecule is CN(Cc1ccon1)Cc1cnc(S(=O)(=O)CC2CC2)n1C[C@H]1CCCO1. The number of rotatable bonds is 9. The summed E-state index contributed by atoms with van der Waals surface area (Å²) in [5.41, 5.74) is 1.72. The van der Waals surface area contributed by atoms with E-state index in [9.17, 15) is 8.42 Å². The Labute approximate surface area is 159 Å². The van der Waals surface area contributed by atoms with Gasteiger partial charge in [-0.15, -0.1) is 0 Å². The minimum absolute atomic E-state index is 0.0497. The Morgan fingerprint density at radius 3 is 2.81 bits per heavy atom. The van der Waals surface area contributed by atoms with Gasteiger partial charge in [-0.2, -0.15) is 0 Å². The maximum Gasteiger partial charge on any atom is 0.227 e. The minimum atomic E-state index is -3.38. The number of imidazole rings is 1. The fraction of sp³-hybridized carbons (Fsp3) is 0.667. The van der Waals surface area contributed by atoms with E-state index in [4.69, 9.17) is 9.26 Å². The van der Waals surface area contributed by atoms with E-state index in [0.717, 1.165) is 43.7 Å². The van der Waals surface area contributed by atoms with Gasteiger partial charge in [0.05, 0.1) is 36.0 Å². The first-order valence-corrected chi connectivity index (χ1v) is 11.1. The molecule has 0 amide bonds. The molecule has 1 aliphatic heterocycles. The van der Waals surface area contributed by atoms with E-state index in [-0.39, 0.29) is 17.0 Å². The average molecular weight is 394 g/mol. The molecule has 2 aliphatic rings. The molecule has 0 spiro atoms. The fourth-order valence-electron chi connectivity index (χ4n) is 3.55. The molecule has 2 aromatic heterocycles. The summed E-state index contributed by atoms with van der Waals surface area (Å²) in [6.45, 7) is 2.47. The van der Waals surface area contributed by atoms with Crippen molar-refractivity contribution in [1.82, 2.24) is 19.6 Å². The lowest BCUT2D eigenvalue weighted by atomic mass is 10.2. The van der Waals surface area contributed by atoms with Gasteiger partial charge in [0.2, 0.25) is 15.0 Å². The summed E-state index contributed by atoms with van der Waals surface area (Å²) in [5.74, 6) is 0.491. The number of aromatic nitrogens is 3. The van der Waals surface area contributed by atoms with Crippen LogP contribution in [0, 0.1) is 5.92 Å². The molecule has 1 saturated carbocycles. The maximum atomic E-state index is 12.9. The van der Waals surface area contributed by atoms with Gasteiger partial charge < -0.3 is 13.8 Å². The van der Waals surface area contributed by atoms with Crippen molar-refractivity contribution < 1.29 is 17.7 Å². The summed E-state index contributed by atoms with van der Waals surface area (Å²) in [5, 5.41) is 4.12. The monoisotopic (exact) mass is 394 g/mol. The Hall–Kier alpha value is -1.71. The van der Waals surface area contributed by atoms with Crippen molar-refractivity contribution in [3.05, 3.63) is 29.9 Å². The molecule has 9 heteroatoms. The summed E-state index contributed by atoms with van der Waals surface area (Å²) in [7, 11) is -1.42. The van der Waals surface area contributed by atoms with Crippen molar-refractivity contribution in [3.63, 3.8) is 0 Å². The normalized spacial score (nSPS) is 20.6. The molecule has 3 heterocycles. The van der Waals surface area contributed by atoms with Gasteiger partial charge in [-0.25, -0.2) is 13.4 Å². The van der Waals surface area contributed by atoms with Gasteiger partial charge >= 0.3 is 0 Å². The van der Waals surface area contributed by atoms with Gasteiger partial charge in [-0.05, 0) is 38.6 Å². The zero-order chi connectivity index (χ0) is 18.9. The van der Waals surface area contributed by atoms with Crippen LogP contribution in [-0.2, 0) is 34.2 Å². The summed E-state index contributed by atoms with van der Waals surface area (Å²) in [6.07, 6.45) is 7.26. The number of hydrogen-bond donors (Lipinski definition) is 0. The number of nitrogens with zero attached hydrogens (tertiary/aromatic N) is 4. The van der Waals surface area contributed by atoms with Gasteiger partial charge in [0.25, 0.3) is 0 Å². The molecule has 0 unspecified atom stereocenters. The summed E-state index contributed by atoms with van der Waals surface area (Å²) in [4.78, 5) is 6.39. The van der Waals surface area contributed by atoms with Crippen molar-refractivity contribution in [2.75, 3.05) is 19.4 Å². The van der Waals surface area contributed by atoms with Gasteiger partial charge in [0.15, 0.2) is 0 Å². The van der Waals surface area contributed by atoms with Crippen LogP contribution in [0.2, 0.25) is 0 Å². The largest absolute Gasteiger partial charge is 0.376 e. The zero-order valence-electron chi connectivity index (χ0n) is 15.6. The van der Waals surface area contributed by atoms with E-state index in [1.807, 2.05) is 17.7 Å². The average Bonchev–Trinajstić information content (AvgIpc) is 3.05. The predicted molar refractivity (Wildman–Crippen MR) is 97.7 cm³/mol. The lowest BCUT2D eigenvalue weighted by Crippen LogP contribution is -2.25. The molecule has 0 bridgehead atoms. The van der Waals surface area contributed by atoms with Crippen molar-refractivity contribution in [3.8, 4) is 0 Å². The van der Waals surface area contributed by atoms with Crippen molar-refractivity contribution in [2.45, 2.75) is 56.6 Å². The van der Waals surface area contributed by atoms with Crippen LogP contribution in [0.1, 0.15) is 37.1 Å². The van der Waals surface area contributed by atoms with Gasteiger partial charge in [-0.3, -0.25) is 4.90 Å². The number of sulfone groups is 1. The molecular weight excluding hydrogens is 368 g/mol. The third-order valence-electron chi connectivity index (χ3n) is 5.10. The van der Waals surface area contributed by atoms with Crippen molar-refractivity contribution >= 4 is 9.84 Å². The lowest BCUT2D eigenvalue weighted by Gasteiger charge is -2.19. The molecule has 0 aromatic carbocycles. The molecule has 1 aliphatic carbocycles. The molecular formula is C18H26N4O4S. The van der Waals surface area contributed by atoms with E-state index in [0.29, 0.717) is 25.6 Å². The Balaban J connectivity index is 1.55. The zero-order valence-corrected chi connectivity index (χ0v) is 16.4. The Bertz CT molecular complexity index is 852. The molecule has 8 nitrogen and oxygen atoms in total. The summed E-state index contributed by atoms with van der Waals surface area (Å²) < 4.78 is 38.2. The van der Waals surface area contributed by atoms with Crippen LogP contribution in [0.3, 0.4) is 0 Å². The topological polar surface area (TPSA) is 90.5 Å². The molecule has 0 N–H and O–H groups in total. The van der Waals surface area contributed by atoms with E-state index < -0.39 is 9.84 Å². The summed E-state index contributed by atoms with van der Waals surface area (Å²) >= 11 is 0. The molecule has 148 valence electrons. The van der Waals surface area contributed by atoms with Crippen LogP contribution < -0.4 is 0 Å². The van der Waals surface area contributed by atoms with Crippen molar-refractivity contribution in [2.24, 2.45) is 5.92 Å². The summed E-state index contributed by atoms with van der Waals surface area (Å²) in [6, 6.07) is 1.83. The highest BCUT2D eigenvalue weighted by Gasteiger charge is 2.33. The highest BCUT2D eigenvalue weighted by Crippen LogP contribution is 2.32. The van der Waals surface area contributed by atoms with Crippen LogP contribution in [0.5, 0.6) is 0 Å². The maximum absolute atomic E-state index is 12.9. The molecule has 27 heavy (non-hydrogen) atoms. The van der Waals surface area contributed by atoms with Crippen LogP contribution in [0.15, 0.2) is 28.2 Å². The smallest absolute Gasteiger partial charge is 0.227 e. The molecule has 4 rings (SSSR count). The van der Waals surface area contributed by atoms with Gasteiger partial charge in [0.1, 0.15) is 6.26 Å². The van der Waals surface area contributed by atoms with Crippen LogP contribution in [0.25, 0.3) is 0 Å². The minimum Gasteiger partial charge on any atom is -0.376 e. The first-order chi connectivity index (χ1) is 13.0. The molecule has 1 atom stereocenters. The van der Waals surface area contributed by atoms with Gasteiger partial charge in [0, 0.05) is 25.8 Å². The highest BCUT2D eigenvalue weighted by atomic mass is 32.2. The molecule has 0 radical (unpaired) electrons. The van der Waals surface area contributed by atoms with Gasteiger partial charge in [-0.1, -0.05) is 5.16 Å². The third-order valence-corrected chi connectivity index (χ3v) is 6.89. The molecule has 1 saturated heterocycles. The van der Waals surface area contributed by atoms with Crippen LogP contribution in [0.4, 0.5) is 0 Å². The van der Waals surface area contributed by atoms with E-state index in [2.05, 4.69) is 15.0 Å². The lowest BCUT2D eigenvalue weighted by molar-refractivity contribution is 0.0934. The molecule has 2 aromatic rings.